The lowest BCUT2D eigenvalue weighted by Gasteiger charge is -2.11. The number of nitrogens with two attached hydrogens (primary N) is 1. The molecule has 1 unspecified atom stereocenters. The first-order valence-corrected chi connectivity index (χ1v) is 9.12. The number of carbonyl (C=O) groups excluding carboxylic acids is 1. The molecule has 0 saturated heterocycles. The lowest BCUT2D eigenvalue weighted by molar-refractivity contribution is -0.122. The third-order valence-corrected chi connectivity index (χ3v) is 3.63. The van der Waals surface area contributed by atoms with Gasteiger partial charge in [0.25, 0.3) is 0 Å². The zero-order valence-corrected chi connectivity index (χ0v) is 12.0. The van der Waals surface area contributed by atoms with Crippen LogP contribution >= 0.6 is 0 Å². The van der Waals surface area contributed by atoms with Crippen LogP contribution in [0.3, 0.4) is 0 Å². The van der Waals surface area contributed by atoms with E-state index in [2.05, 4.69) is 10.0 Å². The standard InChI is InChI=1S/C8H19N3O5S2/c1-17(13,14)6-3-7(9)8(12)10-4-5-11-18(2,15)16/h7,11H,3-6,9H2,1-2H3,(H,10,12). The van der Waals surface area contributed by atoms with Gasteiger partial charge < -0.3 is 11.1 Å². The van der Waals surface area contributed by atoms with Crippen molar-refractivity contribution >= 4 is 25.8 Å². The monoisotopic (exact) mass is 301 g/mol. The highest BCUT2D eigenvalue weighted by molar-refractivity contribution is 7.90. The summed E-state index contributed by atoms with van der Waals surface area (Å²) in [6.07, 6.45) is 2.10. The average Bonchev–Trinajstić information content (AvgIpc) is 2.18. The van der Waals surface area contributed by atoms with E-state index in [0.717, 1.165) is 12.5 Å². The first-order valence-electron chi connectivity index (χ1n) is 5.17. The molecule has 0 rings (SSSR count). The van der Waals surface area contributed by atoms with E-state index in [1.807, 2.05) is 0 Å². The van der Waals surface area contributed by atoms with Crippen molar-refractivity contribution in [2.75, 3.05) is 31.4 Å². The van der Waals surface area contributed by atoms with Crippen LogP contribution in [0.4, 0.5) is 0 Å². The molecule has 108 valence electrons. The molecule has 0 aliphatic carbocycles. The van der Waals surface area contributed by atoms with Gasteiger partial charge in [0, 0.05) is 19.3 Å². The van der Waals surface area contributed by atoms with Crippen molar-refractivity contribution in [2.45, 2.75) is 12.5 Å². The van der Waals surface area contributed by atoms with Crippen LogP contribution in [0.1, 0.15) is 6.42 Å². The molecule has 18 heavy (non-hydrogen) atoms. The van der Waals surface area contributed by atoms with Crippen molar-refractivity contribution in [3.63, 3.8) is 0 Å². The van der Waals surface area contributed by atoms with Crippen molar-refractivity contribution in [3.8, 4) is 0 Å². The summed E-state index contributed by atoms with van der Waals surface area (Å²) in [4.78, 5) is 11.4. The van der Waals surface area contributed by atoms with Crippen molar-refractivity contribution in [1.82, 2.24) is 10.0 Å². The number of amides is 1. The summed E-state index contributed by atoms with van der Waals surface area (Å²) in [6, 6.07) is -0.919. The minimum absolute atomic E-state index is 0.0319. The second-order valence-corrected chi connectivity index (χ2v) is 8.08. The SMILES string of the molecule is CS(=O)(=O)CCC(N)C(=O)NCCNS(C)(=O)=O. The van der Waals surface area contributed by atoms with Gasteiger partial charge in [0.05, 0.1) is 18.1 Å². The summed E-state index contributed by atoms with van der Waals surface area (Å²) in [5.74, 6) is -0.669. The van der Waals surface area contributed by atoms with Gasteiger partial charge in [-0.05, 0) is 6.42 Å². The fraction of sp³-hybridized carbons (Fsp3) is 0.875. The Morgan fingerprint density at radius 2 is 1.72 bits per heavy atom. The molecule has 0 saturated carbocycles. The summed E-state index contributed by atoms with van der Waals surface area (Å²) < 4.78 is 45.3. The predicted molar refractivity (Wildman–Crippen MR) is 68.2 cm³/mol. The fourth-order valence-corrected chi connectivity index (χ4v) is 2.18. The van der Waals surface area contributed by atoms with E-state index < -0.39 is 31.8 Å². The highest BCUT2D eigenvalue weighted by atomic mass is 32.2. The molecule has 0 heterocycles. The van der Waals surface area contributed by atoms with E-state index >= 15 is 0 Å². The van der Waals surface area contributed by atoms with E-state index in [1.165, 1.54) is 0 Å². The topological polar surface area (TPSA) is 135 Å². The van der Waals surface area contributed by atoms with Crippen LogP contribution in [-0.4, -0.2) is 60.1 Å². The molecule has 0 aromatic heterocycles. The minimum atomic E-state index is -3.28. The summed E-state index contributed by atoms with van der Waals surface area (Å²) in [5, 5.41) is 2.41. The number of sulfone groups is 1. The fourth-order valence-electron chi connectivity index (χ4n) is 1.03. The van der Waals surface area contributed by atoms with Crippen LogP contribution in [0.25, 0.3) is 0 Å². The van der Waals surface area contributed by atoms with Gasteiger partial charge in [0.1, 0.15) is 9.84 Å². The van der Waals surface area contributed by atoms with Gasteiger partial charge in [-0.3, -0.25) is 4.79 Å². The van der Waals surface area contributed by atoms with Gasteiger partial charge in [-0.2, -0.15) is 0 Å². The molecule has 0 aromatic carbocycles. The summed E-state index contributed by atoms with van der Waals surface area (Å²) in [6.45, 7) is 0.155. The van der Waals surface area contributed by atoms with Crippen LogP contribution in [-0.2, 0) is 24.7 Å². The van der Waals surface area contributed by atoms with Crippen molar-refractivity contribution in [2.24, 2.45) is 5.73 Å². The first kappa shape index (κ1) is 17.3. The van der Waals surface area contributed by atoms with Gasteiger partial charge in [-0.25, -0.2) is 21.6 Å². The van der Waals surface area contributed by atoms with Gasteiger partial charge in [-0.15, -0.1) is 0 Å². The highest BCUT2D eigenvalue weighted by Crippen LogP contribution is 1.93. The molecule has 0 bridgehead atoms. The largest absolute Gasteiger partial charge is 0.353 e. The molecule has 1 amide bonds. The normalized spacial score (nSPS) is 14.2. The Bertz CT molecular complexity index is 471. The molecule has 0 aliphatic heterocycles. The molecule has 0 aliphatic rings. The molecule has 0 spiro atoms. The molecular weight excluding hydrogens is 282 g/mol. The van der Waals surface area contributed by atoms with E-state index in [4.69, 9.17) is 5.73 Å². The minimum Gasteiger partial charge on any atom is -0.353 e. The first-order chi connectivity index (χ1) is 8.01. The summed E-state index contributed by atoms with van der Waals surface area (Å²) in [7, 11) is -6.43. The third-order valence-electron chi connectivity index (χ3n) is 1.92. The Balaban J connectivity index is 3.89. The quantitative estimate of drug-likeness (QED) is 0.421. The molecule has 0 fully saturated rings. The zero-order chi connectivity index (χ0) is 14.4. The molecular formula is C8H19N3O5S2. The average molecular weight is 301 g/mol. The Morgan fingerprint density at radius 3 is 2.17 bits per heavy atom. The van der Waals surface area contributed by atoms with Crippen LogP contribution in [0.15, 0.2) is 0 Å². The zero-order valence-electron chi connectivity index (χ0n) is 10.3. The number of hydrogen-bond donors (Lipinski definition) is 3. The highest BCUT2D eigenvalue weighted by Gasteiger charge is 2.15. The molecule has 1 atom stereocenters. The van der Waals surface area contributed by atoms with E-state index in [-0.39, 0.29) is 25.3 Å². The maximum atomic E-state index is 11.4. The van der Waals surface area contributed by atoms with E-state index in [0.29, 0.717) is 0 Å². The Hall–Kier alpha value is -0.710. The van der Waals surface area contributed by atoms with E-state index in [9.17, 15) is 21.6 Å². The van der Waals surface area contributed by atoms with Crippen molar-refractivity contribution < 1.29 is 21.6 Å². The number of carbonyl (C=O) groups is 1. The lowest BCUT2D eigenvalue weighted by atomic mass is 10.2. The molecule has 0 radical (unpaired) electrons. The molecule has 0 aromatic rings. The van der Waals surface area contributed by atoms with Crippen LogP contribution < -0.4 is 15.8 Å². The number of rotatable bonds is 8. The number of hydrogen-bond acceptors (Lipinski definition) is 6. The summed E-state index contributed by atoms with van der Waals surface area (Å²) >= 11 is 0. The van der Waals surface area contributed by atoms with Gasteiger partial charge in [0.2, 0.25) is 15.9 Å². The van der Waals surface area contributed by atoms with Crippen LogP contribution in [0.5, 0.6) is 0 Å². The lowest BCUT2D eigenvalue weighted by Crippen LogP contribution is -2.44. The van der Waals surface area contributed by atoms with Gasteiger partial charge >= 0.3 is 0 Å². The van der Waals surface area contributed by atoms with Crippen LogP contribution in [0, 0.1) is 0 Å². The maximum absolute atomic E-state index is 11.4. The number of sulfonamides is 1. The molecule has 4 N–H and O–H groups in total. The summed E-state index contributed by atoms with van der Waals surface area (Å²) in [5.41, 5.74) is 5.48. The number of nitrogens with one attached hydrogen (secondary N) is 2. The second kappa shape index (κ2) is 7.02. The van der Waals surface area contributed by atoms with Gasteiger partial charge in [-0.1, -0.05) is 0 Å². The molecule has 10 heteroatoms. The molecule has 8 nitrogen and oxygen atoms in total. The van der Waals surface area contributed by atoms with Crippen LogP contribution in [0.2, 0.25) is 0 Å². The van der Waals surface area contributed by atoms with E-state index in [1.54, 1.807) is 0 Å². The van der Waals surface area contributed by atoms with Gasteiger partial charge in [0.15, 0.2) is 0 Å². The Labute approximate surface area is 107 Å². The Morgan fingerprint density at radius 1 is 1.17 bits per heavy atom. The predicted octanol–water partition coefficient (Wildman–Crippen LogP) is -2.59. The van der Waals surface area contributed by atoms with Crippen molar-refractivity contribution in [1.29, 1.82) is 0 Å². The third kappa shape index (κ3) is 10.4. The smallest absolute Gasteiger partial charge is 0.236 e. The Kier molecular flexibility index (Phi) is 6.74. The van der Waals surface area contributed by atoms with Crippen molar-refractivity contribution in [3.05, 3.63) is 0 Å². The second-order valence-electron chi connectivity index (χ2n) is 3.98. The maximum Gasteiger partial charge on any atom is 0.236 e.